The van der Waals surface area contributed by atoms with Crippen LogP contribution in [0.3, 0.4) is 0 Å². The van der Waals surface area contributed by atoms with Crippen molar-refractivity contribution in [3.05, 3.63) is 6.33 Å². The highest BCUT2D eigenvalue weighted by molar-refractivity contribution is 5.76. The van der Waals surface area contributed by atoms with Crippen LogP contribution in [0.15, 0.2) is 6.33 Å². The zero-order chi connectivity index (χ0) is 14.1. The average molecular weight is 277 g/mol. The number of rotatable bonds is 3. The fourth-order valence-electron chi connectivity index (χ4n) is 2.60. The van der Waals surface area contributed by atoms with Crippen LogP contribution in [-0.4, -0.2) is 45.3 Å². The van der Waals surface area contributed by atoms with Crippen molar-refractivity contribution >= 4 is 17.1 Å². The summed E-state index contributed by atoms with van der Waals surface area (Å²) in [5.74, 6) is 1.05. The van der Waals surface area contributed by atoms with E-state index in [9.17, 15) is 0 Å². The first-order valence-corrected chi connectivity index (χ1v) is 6.86. The molecule has 0 saturated carbocycles. The highest BCUT2D eigenvalue weighted by Gasteiger charge is 2.27. The minimum Gasteiger partial charge on any atom is -0.472 e. The van der Waals surface area contributed by atoms with E-state index in [1.54, 1.807) is 13.4 Å². The largest absolute Gasteiger partial charge is 0.472 e. The van der Waals surface area contributed by atoms with Gasteiger partial charge in [-0.1, -0.05) is 0 Å². The first-order valence-electron chi connectivity index (χ1n) is 6.86. The van der Waals surface area contributed by atoms with Gasteiger partial charge in [-0.2, -0.15) is 9.97 Å². The number of nitrogens with one attached hydrogen (secondary N) is 2. The summed E-state index contributed by atoms with van der Waals surface area (Å²) in [6.45, 7) is 4.13. The van der Waals surface area contributed by atoms with Gasteiger partial charge < -0.3 is 19.8 Å². The molecule has 0 bridgehead atoms. The van der Waals surface area contributed by atoms with Gasteiger partial charge in [0.1, 0.15) is 11.6 Å². The van der Waals surface area contributed by atoms with Crippen molar-refractivity contribution in [1.82, 2.24) is 19.9 Å². The Morgan fingerprint density at radius 1 is 1.30 bits per heavy atom. The van der Waals surface area contributed by atoms with Crippen LogP contribution in [0.2, 0.25) is 0 Å². The van der Waals surface area contributed by atoms with Crippen LogP contribution in [0, 0.1) is 0 Å². The van der Waals surface area contributed by atoms with Gasteiger partial charge in [0.25, 0.3) is 0 Å². The molecule has 0 aliphatic carbocycles. The van der Waals surface area contributed by atoms with E-state index in [2.05, 4.69) is 39.1 Å². The van der Waals surface area contributed by atoms with Crippen LogP contribution in [-0.2, 0) is 4.74 Å². The van der Waals surface area contributed by atoms with Gasteiger partial charge in [-0.15, -0.1) is 0 Å². The molecule has 3 rings (SSSR count). The van der Waals surface area contributed by atoms with Gasteiger partial charge >= 0.3 is 0 Å². The lowest BCUT2D eigenvalue weighted by molar-refractivity contribution is -0.0726. The molecule has 0 spiro atoms. The molecule has 2 N–H and O–H groups in total. The van der Waals surface area contributed by atoms with Crippen molar-refractivity contribution in [2.24, 2.45) is 0 Å². The van der Waals surface area contributed by atoms with E-state index >= 15 is 0 Å². The van der Waals surface area contributed by atoms with Crippen molar-refractivity contribution in [3.63, 3.8) is 0 Å². The molecule has 3 heterocycles. The van der Waals surface area contributed by atoms with Crippen LogP contribution >= 0.6 is 0 Å². The normalized spacial score (nSPS) is 26.6. The Balaban J connectivity index is 1.87. The number of aromatic nitrogens is 4. The number of anilines is 1. The number of ether oxygens (including phenoxy) is 2. The van der Waals surface area contributed by atoms with Gasteiger partial charge in [0, 0.05) is 19.9 Å². The summed E-state index contributed by atoms with van der Waals surface area (Å²) in [6.07, 6.45) is 3.82. The molecule has 0 radical (unpaired) electrons. The predicted octanol–water partition coefficient (Wildman–Crippen LogP) is 1.73. The van der Waals surface area contributed by atoms with Gasteiger partial charge in [-0.3, -0.25) is 0 Å². The number of nitrogens with zero attached hydrogens (tertiary/aromatic N) is 3. The summed E-state index contributed by atoms with van der Waals surface area (Å²) in [5, 5.41) is 2.92. The molecule has 20 heavy (non-hydrogen) atoms. The molecule has 108 valence electrons. The molecule has 2 unspecified atom stereocenters. The molecule has 7 heteroatoms. The average Bonchev–Trinajstić information content (AvgIpc) is 2.85. The second-order valence-corrected chi connectivity index (χ2v) is 5.17. The monoisotopic (exact) mass is 277 g/mol. The molecular weight excluding hydrogens is 258 g/mol. The Morgan fingerprint density at radius 2 is 2.05 bits per heavy atom. The number of fused-ring (bicyclic) bond motifs is 1. The van der Waals surface area contributed by atoms with Crippen LogP contribution in [0.5, 0.6) is 5.88 Å². The van der Waals surface area contributed by atoms with Crippen molar-refractivity contribution in [2.75, 3.05) is 12.4 Å². The quantitative estimate of drug-likeness (QED) is 0.888. The first kappa shape index (κ1) is 13.1. The predicted molar refractivity (Wildman–Crippen MR) is 74.9 cm³/mol. The van der Waals surface area contributed by atoms with Crippen LogP contribution in [0.1, 0.15) is 26.7 Å². The second-order valence-electron chi connectivity index (χ2n) is 5.17. The lowest BCUT2D eigenvalue weighted by Crippen LogP contribution is -2.36. The molecular formula is C13H19N5O2. The van der Waals surface area contributed by atoms with E-state index in [1.165, 1.54) is 0 Å². The summed E-state index contributed by atoms with van der Waals surface area (Å²) >= 11 is 0. The minimum atomic E-state index is 0.0971. The molecule has 2 atom stereocenters. The molecule has 1 fully saturated rings. The molecule has 0 aromatic carbocycles. The number of H-pyrrole nitrogens is 1. The first-order chi connectivity index (χ1) is 9.65. The fraction of sp³-hybridized carbons (Fsp3) is 0.615. The molecule has 2 aromatic heterocycles. The van der Waals surface area contributed by atoms with Crippen LogP contribution in [0.25, 0.3) is 11.2 Å². The maximum Gasteiger partial charge on any atom is 0.245 e. The number of hydrogen-bond donors (Lipinski definition) is 2. The molecule has 1 saturated heterocycles. The second kappa shape index (κ2) is 5.24. The Morgan fingerprint density at radius 3 is 2.75 bits per heavy atom. The van der Waals surface area contributed by atoms with E-state index in [1.807, 2.05) is 0 Å². The van der Waals surface area contributed by atoms with Gasteiger partial charge in [-0.05, 0) is 13.8 Å². The molecule has 0 amide bonds. The Bertz CT molecular complexity index is 589. The summed E-state index contributed by atoms with van der Waals surface area (Å²) in [4.78, 5) is 15.8. The Kier molecular flexibility index (Phi) is 3.43. The summed E-state index contributed by atoms with van der Waals surface area (Å²) in [7, 11) is 1.77. The van der Waals surface area contributed by atoms with Crippen molar-refractivity contribution < 1.29 is 9.47 Å². The standard InChI is InChI=1S/C13H19N5O2/c1-7-4-9(5-8(2)19-7)20-12-10-11(16-6-15-10)17-13(14-3)18-12/h6-9H,4-5H2,1-3H3,(H2,14,15,16,17,18). The van der Waals surface area contributed by atoms with Gasteiger partial charge in [-0.25, -0.2) is 4.98 Å². The summed E-state index contributed by atoms with van der Waals surface area (Å²) in [6, 6.07) is 0. The topological polar surface area (TPSA) is 85.0 Å². The lowest BCUT2D eigenvalue weighted by atomic mass is 10.0. The van der Waals surface area contributed by atoms with Crippen molar-refractivity contribution in [1.29, 1.82) is 0 Å². The summed E-state index contributed by atoms with van der Waals surface area (Å²) < 4.78 is 11.8. The third-order valence-corrected chi connectivity index (χ3v) is 3.41. The lowest BCUT2D eigenvalue weighted by Gasteiger charge is -2.31. The number of hydrogen-bond acceptors (Lipinski definition) is 6. The van der Waals surface area contributed by atoms with E-state index in [-0.39, 0.29) is 18.3 Å². The van der Waals surface area contributed by atoms with Gasteiger partial charge in [0.15, 0.2) is 5.65 Å². The Hall–Kier alpha value is -1.89. The number of imidazole rings is 1. The number of aromatic amines is 1. The van der Waals surface area contributed by atoms with Crippen molar-refractivity contribution in [2.45, 2.75) is 45.0 Å². The third kappa shape index (κ3) is 2.53. The maximum absolute atomic E-state index is 6.07. The molecule has 7 nitrogen and oxygen atoms in total. The zero-order valence-electron chi connectivity index (χ0n) is 11.9. The van der Waals surface area contributed by atoms with E-state index in [0.717, 1.165) is 18.4 Å². The van der Waals surface area contributed by atoms with E-state index in [0.29, 0.717) is 17.5 Å². The zero-order valence-corrected chi connectivity index (χ0v) is 11.9. The fourth-order valence-corrected chi connectivity index (χ4v) is 2.60. The van der Waals surface area contributed by atoms with Crippen LogP contribution < -0.4 is 10.1 Å². The minimum absolute atomic E-state index is 0.0971. The molecule has 1 aliphatic heterocycles. The highest BCUT2D eigenvalue weighted by Crippen LogP contribution is 2.27. The van der Waals surface area contributed by atoms with E-state index < -0.39 is 0 Å². The van der Waals surface area contributed by atoms with E-state index in [4.69, 9.17) is 9.47 Å². The van der Waals surface area contributed by atoms with Crippen molar-refractivity contribution in [3.8, 4) is 5.88 Å². The smallest absolute Gasteiger partial charge is 0.245 e. The maximum atomic E-state index is 6.07. The molecule has 2 aromatic rings. The third-order valence-electron chi connectivity index (χ3n) is 3.41. The summed E-state index contributed by atoms with van der Waals surface area (Å²) in [5.41, 5.74) is 1.34. The Labute approximate surface area is 117 Å². The van der Waals surface area contributed by atoms with Gasteiger partial charge in [0.05, 0.1) is 18.5 Å². The van der Waals surface area contributed by atoms with Gasteiger partial charge in [0.2, 0.25) is 11.8 Å². The van der Waals surface area contributed by atoms with Crippen LogP contribution in [0.4, 0.5) is 5.95 Å². The highest BCUT2D eigenvalue weighted by atomic mass is 16.5. The molecule has 1 aliphatic rings. The SMILES string of the molecule is CNc1nc(OC2CC(C)OC(C)C2)c2[nH]cnc2n1.